The van der Waals surface area contributed by atoms with Gasteiger partial charge in [-0.15, -0.1) is 0 Å². The Balaban J connectivity index is 2.18. The lowest BCUT2D eigenvalue weighted by Crippen LogP contribution is -2.45. The van der Waals surface area contributed by atoms with Crippen LogP contribution in [-0.2, 0) is 0 Å². The Morgan fingerprint density at radius 1 is 1.50 bits per heavy atom. The van der Waals surface area contributed by atoms with E-state index >= 15 is 0 Å². The molecular formula is C15H20ClIN2O. The molecule has 1 fully saturated rings. The molecule has 1 aliphatic heterocycles. The van der Waals surface area contributed by atoms with Crippen LogP contribution in [0, 0.1) is 3.57 Å². The van der Waals surface area contributed by atoms with Crippen molar-refractivity contribution in [2.24, 2.45) is 0 Å². The number of hydrogen-bond donors (Lipinski definition) is 1. The molecule has 0 bridgehead atoms. The Hall–Kier alpha value is -0.330. The summed E-state index contributed by atoms with van der Waals surface area (Å²) in [6.45, 7) is 1.80. The summed E-state index contributed by atoms with van der Waals surface area (Å²) in [5.41, 5.74) is 0.731. The summed E-state index contributed by atoms with van der Waals surface area (Å²) in [7, 11) is 1.95. The van der Waals surface area contributed by atoms with Crippen molar-refractivity contribution in [3.63, 3.8) is 0 Å². The second-order valence-electron chi connectivity index (χ2n) is 5.16. The molecule has 2 rings (SSSR count). The second kappa shape index (κ2) is 7.61. The molecule has 1 aromatic carbocycles. The van der Waals surface area contributed by atoms with Gasteiger partial charge in [-0.25, -0.2) is 0 Å². The van der Waals surface area contributed by atoms with Crippen LogP contribution < -0.4 is 5.32 Å². The zero-order chi connectivity index (χ0) is 14.5. The second-order valence-corrected chi connectivity index (χ2v) is 6.76. The van der Waals surface area contributed by atoms with Gasteiger partial charge in [-0.2, -0.15) is 0 Å². The van der Waals surface area contributed by atoms with Crippen LogP contribution in [0.15, 0.2) is 18.2 Å². The van der Waals surface area contributed by atoms with Crippen molar-refractivity contribution in [1.29, 1.82) is 0 Å². The predicted octanol–water partition coefficient (Wildman–Crippen LogP) is 3.55. The molecule has 110 valence electrons. The van der Waals surface area contributed by atoms with Crippen LogP contribution in [0.4, 0.5) is 0 Å². The molecule has 1 amide bonds. The normalized spacial score (nSPS) is 19.1. The molecule has 1 atom stereocenters. The lowest BCUT2D eigenvalue weighted by atomic mass is 9.98. The van der Waals surface area contributed by atoms with Crippen LogP contribution in [-0.4, -0.2) is 37.0 Å². The molecule has 1 unspecified atom stereocenters. The Labute approximate surface area is 139 Å². The number of rotatable bonds is 4. The smallest absolute Gasteiger partial charge is 0.255 e. The molecule has 0 saturated carbocycles. The Morgan fingerprint density at radius 2 is 2.30 bits per heavy atom. The molecule has 0 aliphatic carbocycles. The van der Waals surface area contributed by atoms with Crippen LogP contribution >= 0.6 is 34.2 Å². The van der Waals surface area contributed by atoms with Crippen molar-refractivity contribution < 1.29 is 4.79 Å². The maximum atomic E-state index is 12.8. The number of piperidine rings is 1. The molecule has 1 aromatic rings. The Morgan fingerprint density at radius 3 is 3.05 bits per heavy atom. The molecule has 1 N–H and O–H groups in total. The lowest BCUT2D eigenvalue weighted by molar-refractivity contribution is 0.0601. The summed E-state index contributed by atoms with van der Waals surface area (Å²) in [6, 6.07) is 5.87. The zero-order valence-corrected chi connectivity index (χ0v) is 14.6. The number of carbonyl (C=O) groups is 1. The van der Waals surface area contributed by atoms with Gasteiger partial charge in [0.05, 0.1) is 5.56 Å². The van der Waals surface area contributed by atoms with E-state index in [1.807, 2.05) is 24.1 Å². The minimum Gasteiger partial charge on any atom is -0.336 e. The molecule has 1 heterocycles. The summed E-state index contributed by atoms with van der Waals surface area (Å²) in [6.07, 6.45) is 4.42. The number of nitrogens with zero attached hydrogens (tertiary/aromatic N) is 1. The fourth-order valence-electron chi connectivity index (χ4n) is 2.70. The predicted molar refractivity (Wildman–Crippen MR) is 91.4 cm³/mol. The van der Waals surface area contributed by atoms with Gasteiger partial charge in [-0.1, -0.05) is 11.6 Å². The van der Waals surface area contributed by atoms with Crippen molar-refractivity contribution in [3.05, 3.63) is 32.4 Å². The van der Waals surface area contributed by atoms with Gasteiger partial charge in [-0.3, -0.25) is 4.79 Å². The van der Waals surface area contributed by atoms with E-state index in [9.17, 15) is 4.79 Å². The minimum atomic E-state index is 0.123. The number of carbonyl (C=O) groups excluding carboxylic acids is 1. The van der Waals surface area contributed by atoms with Crippen LogP contribution in [0.25, 0.3) is 0 Å². The lowest BCUT2D eigenvalue weighted by Gasteiger charge is -2.36. The number of hydrogen-bond acceptors (Lipinski definition) is 2. The summed E-state index contributed by atoms with van der Waals surface area (Å²) < 4.78 is 0.968. The van der Waals surface area contributed by atoms with Crippen molar-refractivity contribution in [2.75, 3.05) is 20.1 Å². The zero-order valence-electron chi connectivity index (χ0n) is 11.7. The third-order valence-corrected chi connectivity index (χ3v) is 4.95. The van der Waals surface area contributed by atoms with E-state index in [0.717, 1.165) is 41.5 Å². The van der Waals surface area contributed by atoms with Gasteiger partial charge in [-0.05, 0) is 80.1 Å². The van der Waals surface area contributed by atoms with Crippen molar-refractivity contribution in [1.82, 2.24) is 10.2 Å². The van der Waals surface area contributed by atoms with Gasteiger partial charge in [0.1, 0.15) is 0 Å². The Bertz CT molecular complexity index is 481. The van der Waals surface area contributed by atoms with E-state index in [1.165, 1.54) is 6.42 Å². The Kier molecular flexibility index (Phi) is 6.11. The van der Waals surface area contributed by atoms with Crippen LogP contribution in [0.2, 0.25) is 5.02 Å². The SMILES string of the molecule is CNCCC1CCCCN1C(=O)c1cc(Cl)ccc1I. The summed E-state index contributed by atoms with van der Waals surface area (Å²) in [5, 5.41) is 3.80. The average molecular weight is 407 g/mol. The van der Waals surface area contributed by atoms with Gasteiger partial charge < -0.3 is 10.2 Å². The first kappa shape index (κ1) is 16.0. The summed E-state index contributed by atoms with van der Waals surface area (Å²) >= 11 is 8.24. The first-order chi connectivity index (χ1) is 9.63. The third-order valence-electron chi connectivity index (χ3n) is 3.77. The molecule has 0 aromatic heterocycles. The molecule has 0 radical (unpaired) electrons. The van der Waals surface area contributed by atoms with E-state index in [4.69, 9.17) is 11.6 Å². The van der Waals surface area contributed by atoms with E-state index in [0.29, 0.717) is 11.1 Å². The maximum absolute atomic E-state index is 12.8. The molecule has 1 saturated heterocycles. The third kappa shape index (κ3) is 3.86. The van der Waals surface area contributed by atoms with Gasteiger partial charge in [0, 0.05) is 21.2 Å². The number of benzene rings is 1. The first-order valence-electron chi connectivity index (χ1n) is 7.04. The fraction of sp³-hybridized carbons (Fsp3) is 0.533. The fourth-order valence-corrected chi connectivity index (χ4v) is 3.43. The quantitative estimate of drug-likeness (QED) is 0.776. The highest BCUT2D eigenvalue weighted by Crippen LogP contribution is 2.25. The van der Waals surface area contributed by atoms with Gasteiger partial charge >= 0.3 is 0 Å². The van der Waals surface area contributed by atoms with Gasteiger partial charge in [0.25, 0.3) is 5.91 Å². The van der Waals surface area contributed by atoms with Crippen LogP contribution in [0.1, 0.15) is 36.0 Å². The van der Waals surface area contributed by atoms with Gasteiger partial charge in [0.15, 0.2) is 0 Å². The molecule has 1 aliphatic rings. The van der Waals surface area contributed by atoms with Crippen molar-refractivity contribution in [2.45, 2.75) is 31.7 Å². The van der Waals surface area contributed by atoms with E-state index in [2.05, 4.69) is 27.9 Å². The topological polar surface area (TPSA) is 32.3 Å². The molecule has 3 nitrogen and oxygen atoms in total. The number of nitrogens with one attached hydrogen (secondary N) is 1. The van der Waals surface area contributed by atoms with Crippen molar-refractivity contribution >= 4 is 40.1 Å². The van der Waals surface area contributed by atoms with E-state index < -0.39 is 0 Å². The molecule has 0 spiro atoms. The van der Waals surface area contributed by atoms with Crippen molar-refractivity contribution in [3.8, 4) is 0 Å². The molecule has 20 heavy (non-hydrogen) atoms. The molecule has 5 heteroatoms. The van der Waals surface area contributed by atoms with Crippen LogP contribution in [0.5, 0.6) is 0 Å². The number of halogens is 2. The average Bonchev–Trinajstić information content (AvgIpc) is 2.47. The van der Waals surface area contributed by atoms with E-state index in [1.54, 1.807) is 6.07 Å². The number of likely N-dealkylation sites (tertiary alicyclic amines) is 1. The largest absolute Gasteiger partial charge is 0.336 e. The highest BCUT2D eigenvalue weighted by atomic mass is 127. The number of amides is 1. The monoisotopic (exact) mass is 406 g/mol. The maximum Gasteiger partial charge on any atom is 0.255 e. The van der Waals surface area contributed by atoms with Gasteiger partial charge in [0.2, 0.25) is 0 Å². The summed E-state index contributed by atoms with van der Waals surface area (Å²) in [4.78, 5) is 14.8. The van der Waals surface area contributed by atoms with E-state index in [-0.39, 0.29) is 5.91 Å². The van der Waals surface area contributed by atoms with Crippen LogP contribution in [0.3, 0.4) is 0 Å². The highest BCUT2D eigenvalue weighted by molar-refractivity contribution is 14.1. The highest BCUT2D eigenvalue weighted by Gasteiger charge is 2.28. The minimum absolute atomic E-state index is 0.123. The molecular weight excluding hydrogens is 387 g/mol. The standard InChI is InChI=1S/C15H20ClIN2O/c1-18-8-7-12-4-2-3-9-19(12)15(20)13-10-11(16)5-6-14(13)17/h5-6,10,12,18H,2-4,7-9H2,1H3. The summed E-state index contributed by atoms with van der Waals surface area (Å²) in [5.74, 6) is 0.123. The first-order valence-corrected chi connectivity index (χ1v) is 8.49.